The third kappa shape index (κ3) is 1.00. The van der Waals surface area contributed by atoms with Crippen molar-refractivity contribution in [1.82, 2.24) is 0 Å². The predicted molar refractivity (Wildman–Crippen MR) is 42.1 cm³/mol. The Morgan fingerprint density at radius 1 is 1.09 bits per heavy atom. The fraction of sp³-hybridized carbons (Fsp3) is 1.00. The number of methoxy groups -OCH3 is 2. The molecule has 2 bridgehead atoms. The Kier molecular flexibility index (Phi) is 1.90. The lowest BCUT2D eigenvalue weighted by atomic mass is 9.72. The number of hydrogen-bond acceptors (Lipinski definition) is 2. The molecule has 3 fully saturated rings. The van der Waals surface area contributed by atoms with E-state index in [9.17, 15) is 0 Å². The molecule has 0 saturated heterocycles. The zero-order valence-corrected chi connectivity index (χ0v) is 7.25. The monoisotopic (exact) mass is 156 g/mol. The van der Waals surface area contributed by atoms with Gasteiger partial charge in [0.05, 0.1) is 0 Å². The van der Waals surface area contributed by atoms with Crippen LogP contribution in [-0.2, 0) is 9.47 Å². The van der Waals surface area contributed by atoms with Crippen LogP contribution in [0.3, 0.4) is 0 Å². The second kappa shape index (κ2) is 2.76. The van der Waals surface area contributed by atoms with E-state index < -0.39 is 0 Å². The third-order valence-electron chi connectivity index (χ3n) is 3.38. The molecule has 0 aliphatic heterocycles. The van der Waals surface area contributed by atoms with Gasteiger partial charge in [-0.2, -0.15) is 0 Å². The van der Waals surface area contributed by atoms with Gasteiger partial charge in [-0.1, -0.05) is 0 Å². The van der Waals surface area contributed by atoms with Gasteiger partial charge in [0.15, 0.2) is 6.29 Å². The molecular formula is C9H16O2. The third-order valence-corrected chi connectivity index (χ3v) is 3.38. The van der Waals surface area contributed by atoms with Gasteiger partial charge in [-0.15, -0.1) is 0 Å². The SMILES string of the molecule is COC(OC)C1C2CCC1C2. The first-order valence-corrected chi connectivity index (χ1v) is 4.42. The second-order valence-electron chi connectivity index (χ2n) is 3.75. The molecular weight excluding hydrogens is 140 g/mol. The van der Waals surface area contributed by atoms with Gasteiger partial charge >= 0.3 is 0 Å². The van der Waals surface area contributed by atoms with Crippen LogP contribution in [0.5, 0.6) is 0 Å². The molecule has 0 N–H and O–H groups in total. The summed E-state index contributed by atoms with van der Waals surface area (Å²) >= 11 is 0. The molecule has 0 heterocycles. The Labute approximate surface area is 67.9 Å². The summed E-state index contributed by atoms with van der Waals surface area (Å²) in [6.45, 7) is 0. The van der Waals surface area contributed by atoms with E-state index in [0.29, 0.717) is 5.92 Å². The van der Waals surface area contributed by atoms with Gasteiger partial charge in [-0.05, 0) is 31.1 Å². The molecule has 0 amide bonds. The van der Waals surface area contributed by atoms with Crippen LogP contribution in [0, 0.1) is 17.8 Å². The van der Waals surface area contributed by atoms with E-state index in [4.69, 9.17) is 9.47 Å². The van der Waals surface area contributed by atoms with Gasteiger partial charge in [0.25, 0.3) is 0 Å². The topological polar surface area (TPSA) is 18.5 Å². The van der Waals surface area contributed by atoms with Crippen molar-refractivity contribution in [3.8, 4) is 0 Å². The molecule has 0 aromatic carbocycles. The van der Waals surface area contributed by atoms with Crippen LogP contribution in [0.25, 0.3) is 0 Å². The Bertz CT molecular complexity index is 128. The summed E-state index contributed by atoms with van der Waals surface area (Å²) in [5, 5.41) is 0. The first-order chi connectivity index (χ1) is 5.36. The minimum Gasteiger partial charge on any atom is -0.356 e. The largest absolute Gasteiger partial charge is 0.356 e. The van der Waals surface area contributed by atoms with E-state index in [-0.39, 0.29) is 6.29 Å². The first kappa shape index (κ1) is 7.56. The average Bonchev–Trinajstić information content (AvgIpc) is 2.59. The highest BCUT2D eigenvalue weighted by atomic mass is 16.7. The fourth-order valence-corrected chi connectivity index (χ4v) is 2.80. The molecule has 3 saturated carbocycles. The van der Waals surface area contributed by atoms with Crippen LogP contribution in [0.15, 0.2) is 0 Å². The highest BCUT2D eigenvalue weighted by Crippen LogP contribution is 2.55. The summed E-state index contributed by atoms with van der Waals surface area (Å²) in [7, 11) is 3.48. The van der Waals surface area contributed by atoms with Crippen LogP contribution in [0.4, 0.5) is 0 Å². The summed E-state index contributed by atoms with van der Waals surface area (Å²) in [6, 6.07) is 0. The highest BCUT2D eigenvalue weighted by molar-refractivity contribution is 4.97. The summed E-state index contributed by atoms with van der Waals surface area (Å²) in [4.78, 5) is 0. The molecule has 0 aromatic rings. The average molecular weight is 156 g/mol. The van der Waals surface area contributed by atoms with Crippen molar-refractivity contribution < 1.29 is 9.47 Å². The minimum atomic E-state index is 0.0706. The summed E-state index contributed by atoms with van der Waals surface area (Å²) in [6.07, 6.45) is 4.30. The van der Waals surface area contributed by atoms with Gasteiger partial charge in [-0.3, -0.25) is 0 Å². The van der Waals surface area contributed by atoms with Crippen molar-refractivity contribution >= 4 is 0 Å². The molecule has 0 aromatic heterocycles. The zero-order chi connectivity index (χ0) is 7.84. The van der Waals surface area contributed by atoms with Crippen LogP contribution in [0.2, 0.25) is 0 Å². The Balaban J connectivity index is 1.95. The lowest BCUT2D eigenvalue weighted by Gasteiger charge is -2.39. The Hall–Kier alpha value is -0.0800. The molecule has 2 heteroatoms. The molecule has 2 atom stereocenters. The molecule has 3 rings (SSSR count). The van der Waals surface area contributed by atoms with Gasteiger partial charge in [0.2, 0.25) is 0 Å². The van der Waals surface area contributed by atoms with Gasteiger partial charge in [-0.25, -0.2) is 0 Å². The lowest BCUT2D eigenvalue weighted by molar-refractivity contribution is -0.176. The molecule has 64 valence electrons. The summed E-state index contributed by atoms with van der Waals surface area (Å²) in [5.41, 5.74) is 0. The zero-order valence-electron chi connectivity index (χ0n) is 7.25. The predicted octanol–water partition coefficient (Wildman–Crippen LogP) is 1.65. The molecule has 0 radical (unpaired) electrons. The molecule has 11 heavy (non-hydrogen) atoms. The van der Waals surface area contributed by atoms with Gasteiger partial charge in [0.1, 0.15) is 0 Å². The molecule has 0 spiro atoms. The smallest absolute Gasteiger partial charge is 0.160 e. The van der Waals surface area contributed by atoms with Crippen LogP contribution in [-0.4, -0.2) is 20.5 Å². The number of hydrogen-bond donors (Lipinski definition) is 0. The summed E-state index contributed by atoms with van der Waals surface area (Å²) < 4.78 is 10.5. The number of fused-ring (bicyclic) bond motifs is 1. The standard InChI is InChI=1S/C9H16O2/c1-10-9(11-2)8-6-3-4-7(8)5-6/h6-9H,3-5H2,1-2H3. The van der Waals surface area contributed by atoms with Gasteiger partial charge < -0.3 is 9.47 Å². The van der Waals surface area contributed by atoms with E-state index in [2.05, 4.69) is 0 Å². The first-order valence-electron chi connectivity index (χ1n) is 4.42. The fourth-order valence-electron chi connectivity index (χ4n) is 2.80. The van der Waals surface area contributed by atoms with Gasteiger partial charge in [0, 0.05) is 20.1 Å². The summed E-state index contributed by atoms with van der Waals surface area (Å²) in [5.74, 6) is 2.53. The lowest BCUT2D eigenvalue weighted by Crippen LogP contribution is -2.40. The van der Waals surface area contributed by atoms with E-state index in [1.807, 2.05) is 0 Å². The van der Waals surface area contributed by atoms with E-state index in [1.54, 1.807) is 14.2 Å². The molecule has 3 aliphatic rings. The second-order valence-corrected chi connectivity index (χ2v) is 3.75. The van der Waals surface area contributed by atoms with E-state index in [1.165, 1.54) is 19.3 Å². The van der Waals surface area contributed by atoms with Crippen molar-refractivity contribution in [1.29, 1.82) is 0 Å². The molecule has 2 unspecified atom stereocenters. The normalized spacial score (nSPS) is 41.2. The van der Waals surface area contributed by atoms with Crippen LogP contribution >= 0.6 is 0 Å². The minimum absolute atomic E-state index is 0.0706. The maximum Gasteiger partial charge on any atom is 0.160 e. The molecule has 3 aliphatic carbocycles. The van der Waals surface area contributed by atoms with Crippen LogP contribution in [0.1, 0.15) is 19.3 Å². The Morgan fingerprint density at radius 3 is 2.00 bits per heavy atom. The number of rotatable bonds is 3. The quantitative estimate of drug-likeness (QED) is 0.578. The maximum absolute atomic E-state index is 5.26. The van der Waals surface area contributed by atoms with Crippen molar-refractivity contribution in [3.63, 3.8) is 0 Å². The van der Waals surface area contributed by atoms with Crippen molar-refractivity contribution in [2.75, 3.05) is 14.2 Å². The Morgan fingerprint density at radius 2 is 1.64 bits per heavy atom. The van der Waals surface area contributed by atoms with E-state index in [0.717, 1.165) is 11.8 Å². The van der Waals surface area contributed by atoms with E-state index >= 15 is 0 Å². The maximum atomic E-state index is 5.26. The van der Waals surface area contributed by atoms with Crippen molar-refractivity contribution in [2.45, 2.75) is 25.6 Å². The van der Waals surface area contributed by atoms with Crippen molar-refractivity contribution in [2.24, 2.45) is 17.8 Å². The number of ether oxygens (including phenoxy) is 2. The van der Waals surface area contributed by atoms with Crippen LogP contribution < -0.4 is 0 Å². The molecule has 2 nitrogen and oxygen atoms in total. The highest BCUT2D eigenvalue weighted by Gasteiger charge is 2.50. The van der Waals surface area contributed by atoms with Crippen molar-refractivity contribution in [3.05, 3.63) is 0 Å².